The first kappa shape index (κ1) is 11.9. The highest BCUT2D eigenvalue weighted by Gasteiger charge is 2.15. The van der Waals surface area contributed by atoms with E-state index in [0.29, 0.717) is 17.2 Å². The summed E-state index contributed by atoms with van der Waals surface area (Å²) < 4.78 is 24.1. The molecule has 5 heteroatoms. The molecule has 1 aromatic carbocycles. The Hall–Kier alpha value is -1.55. The Morgan fingerprint density at radius 1 is 1.47 bits per heavy atom. The van der Waals surface area contributed by atoms with E-state index in [9.17, 15) is 4.39 Å². The number of halogens is 2. The average Bonchev–Trinajstić information content (AvgIpc) is 2.71. The van der Waals surface area contributed by atoms with Gasteiger partial charge in [0.15, 0.2) is 0 Å². The van der Waals surface area contributed by atoms with Gasteiger partial charge in [0.2, 0.25) is 5.89 Å². The van der Waals surface area contributed by atoms with Crippen LogP contribution in [0.15, 0.2) is 22.6 Å². The molecule has 2 rings (SSSR count). The summed E-state index contributed by atoms with van der Waals surface area (Å²) >= 11 is 5.69. The van der Waals surface area contributed by atoms with Gasteiger partial charge in [-0.05, 0) is 25.1 Å². The van der Waals surface area contributed by atoms with Gasteiger partial charge in [-0.2, -0.15) is 0 Å². The van der Waals surface area contributed by atoms with Gasteiger partial charge in [0, 0.05) is 0 Å². The van der Waals surface area contributed by atoms with E-state index < -0.39 is 5.82 Å². The topological polar surface area (TPSA) is 35.3 Å². The lowest BCUT2D eigenvalue weighted by Crippen LogP contribution is -1.88. The van der Waals surface area contributed by atoms with Crippen molar-refractivity contribution in [3.63, 3.8) is 0 Å². The number of nitrogens with zero attached hydrogens (tertiary/aromatic N) is 1. The Kier molecular flexibility index (Phi) is 3.33. The van der Waals surface area contributed by atoms with Crippen molar-refractivity contribution >= 4 is 11.6 Å². The summed E-state index contributed by atoms with van der Waals surface area (Å²) in [5.41, 5.74) is 0.882. The van der Waals surface area contributed by atoms with Crippen LogP contribution in [0.25, 0.3) is 11.5 Å². The second-order valence-corrected chi connectivity index (χ2v) is 3.77. The van der Waals surface area contributed by atoms with E-state index in [1.54, 1.807) is 13.0 Å². The van der Waals surface area contributed by atoms with Crippen molar-refractivity contribution in [1.29, 1.82) is 0 Å². The van der Waals surface area contributed by atoms with Gasteiger partial charge in [-0.15, -0.1) is 11.6 Å². The summed E-state index contributed by atoms with van der Waals surface area (Å²) in [4.78, 5) is 4.14. The molecule has 0 spiro atoms. The maximum absolute atomic E-state index is 13.6. The fraction of sp³-hybridized carbons (Fsp3) is 0.250. The van der Waals surface area contributed by atoms with Crippen LogP contribution < -0.4 is 4.74 Å². The highest BCUT2D eigenvalue weighted by molar-refractivity contribution is 6.16. The van der Waals surface area contributed by atoms with E-state index in [1.165, 1.54) is 19.2 Å². The molecule has 17 heavy (non-hydrogen) atoms. The molecule has 0 aliphatic carbocycles. The number of hydrogen-bond acceptors (Lipinski definition) is 3. The van der Waals surface area contributed by atoms with E-state index >= 15 is 0 Å². The first-order valence-electron chi connectivity index (χ1n) is 5.02. The Bertz CT molecular complexity index is 539. The first-order valence-corrected chi connectivity index (χ1v) is 5.55. The van der Waals surface area contributed by atoms with Crippen LogP contribution in [-0.2, 0) is 5.88 Å². The van der Waals surface area contributed by atoms with Crippen LogP contribution >= 0.6 is 11.6 Å². The third kappa shape index (κ3) is 2.26. The molecule has 0 saturated heterocycles. The number of ether oxygens (including phenoxy) is 1. The third-order valence-electron chi connectivity index (χ3n) is 2.42. The minimum atomic E-state index is -0.409. The lowest BCUT2D eigenvalue weighted by Gasteiger charge is -2.02. The van der Waals surface area contributed by atoms with Gasteiger partial charge in [0.25, 0.3) is 0 Å². The Morgan fingerprint density at radius 2 is 2.24 bits per heavy atom. The van der Waals surface area contributed by atoms with Crippen molar-refractivity contribution < 1.29 is 13.5 Å². The highest BCUT2D eigenvalue weighted by Crippen LogP contribution is 2.28. The zero-order valence-corrected chi connectivity index (χ0v) is 10.2. The molecule has 0 unspecified atom stereocenters. The number of oxazole rings is 1. The van der Waals surface area contributed by atoms with E-state index in [4.69, 9.17) is 20.8 Å². The van der Waals surface area contributed by atoms with Crippen molar-refractivity contribution in [3.8, 4) is 17.2 Å². The van der Waals surface area contributed by atoms with E-state index in [2.05, 4.69) is 4.98 Å². The van der Waals surface area contributed by atoms with Crippen LogP contribution in [0.3, 0.4) is 0 Å². The monoisotopic (exact) mass is 255 g/mol. The van der Waals surface area contributed by atoms with Crippen LogP contribution in [0.2, 0.25) is 0 Å². The van der Waals surface area contributed by atoms with Crippen molar-refractivity contribution in [2.24, 2.45) is 0 Å². The van der Waals surface area contributed by atoms with Gasteiger partial charge in [-0.25, -0.2) is 9.37 Å². The lowest BCUT2D eigenvalue weighted by atomic mass is 10.2. The summed E-state index contributed by atoms with van der Waals surface area (Å²) in [5, 5.41) is 0. The van der Waals surface area contributed by atoms with Gasteiger partial charge in [0.05, 0.1) is 24.2 Å². The van der Waals surface area contributed by atoms with Gasteiger partial charge >= 0.3 is 0 Å². The minimum absolute atomic E-state index is 0.217. The second-order valence-electron chi connectivity index (χ2n) is 3.50. The molecule has 1 aromatic heterocycles. The predicted molar refractivity (Wildman–Crippen MR) is 62.7 cm³/mol. The third-order valence-corrected chi connectivity index (χ3v) is 2.68. The Labute approximate surface area is 103 Å². The molecule has 0 aliphatic rings. The summed E-state index contributed by atoms with van der Waals surface area (Å²) in [6, 6.07) is 4.39. The molecule has 90 valence electrons. The molecule has 1 heterocycles. The number of methoxy groups -OCH3 is 1. The smallest absolute Gasteiger partial charge is 0.229 e. The quantitative estimate of drug-likeness (QED) is 0.787. The fourth-order valence-corrected chi connectivity index (χ4v) is 1.71. The van der Waals surface area contributed by atoms with Gasteiger partial charge in [-0.1, -0.05) is 0 Å². The summed E-state index contributed by atoms with van der Waals surface area (Å²) in [7, 11) is 1.52. The van der Waals surface area contributed by atoms with E-state index in [0.717, 1.165) is 0 Å². The summed E-state index contributed by atoms with van der Waals surface area (Å²) in [6.07, 6.45) is 0. The molecule has 0 saturated carbocycles. The molecule has 2 aromatic rings. The number of aromatic nitrogens is 1. The van der Waals surface area contributed by atoms with E-state index in [1.807, 2.05) is 0 Å². The molecular weight excluding hydrogens is 245 g/mol. The van der Waals surface area contributed by atoms with Crippen LogP contribution in [0, 0.1) is 12.7 Å². The normalized spacial score (nSPS) is 10.6. The largest absolute Gasteiger partial charge is 0.497 e. The van der Waals surface area contributed by atoms with Gasteiger partial charge in [-0.3, -0.25) is 0 Å². The number of aryl methyl sites for hydroxylation is 1. The molecule has 0 amide bonds. The minimum Gasteiger partial charge on any atom is -0.497 e. The van der Waals surface area contributed by atoms with Crippen LogP contribution in [0.1, 0.15) is 11.5 Å². The zero-order valence-electron chi connectivity index (χ0n) is 9.46. The molecule has 0 fully saturated rings. The van der Waals surface area contributed by atoms with Crippen molar-refractivity contribution in [3.05, 3.63) is 35.5 Å². The predicted octanol–water partition coefficient (Wildman–Crippen LogP) is 3.54. The number of alkyl halides is 1. The summed E-state index contributed by atoms with van der Waals surface area (Å²) in [6.45, 7) is 1.74. The number of hydrogen-bond donors (Lipinski definition) is 0. The molecule has 0 radical (unpaired) electrons. The van der Waals surface area contributed by atoms with Crippen LogP contribution in [0.4, 0.5) is 4.39 Å². The first-order chi connectivity index (χ1) is 8.15. The van der Waals surface area contributed by atoms with Crippen molar-refractivity contribution in [2.45, 2.75) is 12.8 Å². The SMILES string of the molecule is COc1ccc(F)c(-c2nc(CCl)c(C)o2)c1. The second kappa shape index (κ2) is 4.75. The zero-order chi connectivity index (χ0) is 12.4. The standard InChI is InChI=1S/C12H11ClFNO2/c1-7-11(6-13)15-12(17-7)9-5-8(16-2)3-4-10(9)14/h3-5H,6H2,1-2H3. The lowest BCUT2D eigenvalue weighted by molar-refractivity contribution is 0.413. The molecule has 0 aliphatic heterocycles. The Morgan fingerprint density at radius 3 is 2.82 bits per heavy atom. The van der Waals surface area contributed by atoms with Crippen LogP contribution in [-0.4, -0.2) is 12.1 Å². The molecular formula is C12H11ClFNO2. The van der Waals surface area contributed by atoms with Gasteiger partial charge in [0.1, 0.15) is 17.3 Å². The van der Waals surface area contributed by atoms with Crippen LogP contribution in [0.5, 0.6) is 5.75 Å². The maximum atomic E-state index is 13.6. The number of rotatable bonds is 3. The molecule has 0 atom stereocenters. The molecule has 0 N–H and O–H groups in total. The average molecular weight is 256 g/mol. The molecule has 0 bridgehead atoms. The van der Waals surface area contributed by atoms with Gasteiger partial charge < -0.3 is 9.15 Å². The fourth-order valence-electron chi connectivity index (χ4n) is 1.46. The Balaban J connectivity index is 2.51. The van der Waals surface area contributed by atoms with E-state index in [-0.39, 0.29) is 17.3 Å². The molecule has 3 nitrogen and oxygen atoms in total. The summed E-state index contributed by atoms with van der Waals surface area (Å²) in [5.74, 6) is 1.19. The maximum Gasteiger partial charge on any atom is 0.229 e. The number of benzene rings is 1. The highest BCUT2D eigenvalue weighted by atomic mass is 35.5. The van der Waals surface area contributed by atoms with Crippen molar-refractivity contribution in [2.75, 3.05) is 7.11 Å². The van der Waals surface area contributed by atoms with Crippen molar-refractivity contribution in [1.82, 2.24) is 4.98 Å².